The zero-order chi connectivity index (χ0) is 13.1. The average molecular weight is 249 g/mol. The van der Waals surface area contributed by atoms with Crippen LogP contribution in [0.4, 0.5) is 5.69 Å². The Morgan fingerprint density at radius 1 is 1.50 bits per heavy atom. The molecule has 2 rings (SSSR count). The van der Waals surface area contributed by atoms with E-state index in [-0.39, 0.29) is 12.5 Å². The van der Waals surface area contributed by atoms with Crippen LogP contribution in [0.15, 0.2) is 24.3 Å². The van der Waals surface area contributed by atoms with Gasteiger partial charge in [0.2, 0.25) is 5.91 Å². The summed E-state index contributed by atoms with van der Waals surface area (Å²) in [5.41, 5.74) is 2.73. The molecule has 0 aromatic heterocycles. The quantitative estimate of drug-likeness (QED) is 0.445. The van der Waals surface area contributed by atoms with Gasteiger partial charge in [-0.15, -0.1) is 0 Å². The first-order valence-electron chi connectivity index (χ1n) is 5.74. The molecule has 0 radical (unpaired) electrons. The third-order valence-electron chi connectivity index (χ3n) is 2.81. The Hall–Kier alpha value is -2.08. The maximum atomic E-state index is 11.9. The Morgan fingerprint density at radius 3 is 2.89 bits per heavy atom. The van der Waals surface area contributed by atoms with Crippen LogP contribution in [0.1, 0.15) is 13.3 Å². The molecule has 0 fully saturated rings. The van der Waals surface area contributed by atoms with Crippen molar-refractivity contribution in [1.82, 2.24) is 5.43 Å². The zero-order valence-electron chi connectivity index (χ0n) is 10.1. The van der Waals surface area contributed by atoms with Crippen LogP contribution in [-0.2, 0) is 9.59 Å². The summed E-state index contributed by atoms with van der Waals surface area (Å²) in [5.74, 6) is 5.11. The maximum absolute atomic E-state index is 11.9. The minimum absolute atomic E-state index is 0.0550. The van der Waals surface area contributed by atoms with Gasteiger partial charge in [0.25, 0.3) is 5.91 Å². The number of amides is 2. The highest BCUT2D eigenvalue weighted by Crippen LogP contribution is 2.33. The number of carbonyl (C=O) groups is 2. The smallest absolute Gasteiger partial charge is 0.276 e. The molecule has 0 saturated carbocycles. The number of hydrogen-bond donors (Lipinski definition) is 2. The molecule has 1 heterocycles. The summed E-state index contributed by atoms with van der Waals surface area (Å²) < 4.78 is 5.52. The maximum Gasteiger partial charge on any atom is 0.276 e. The molecule has 3 N–H and O–H groups in total. The van der Waals surface area contributed by atoms with Crippen molar-refractivity contribution in [2.45, 2.75) is 19.4 Å². The molecule has 1 aliphatic heterocycles. The molecule has 1 aliphatic rings. The van der Waals surface area contributed by atoms with Crippen molar-refractivity contribution in [3.05, 3.63) is 24.3 Å². The molecule has 1 unspecified atom stereocenters. The van der Waals surface area contributed by atoms with E-state index in [2.05, 4.69) is 0 Å². The van der Waals surface area contributed by atoms with Crippen molar-refractivity contribution in [3.8, 4) is 5.75 Å². The zero-order valence-corrected chi connectivity index (χ0v) is 10.1. The fraction of sp³-hybridized carbons (Fsp3) is 0.333. The Kier molecular flexibility index (Phi) is 3.47. The Labute approximate surface area is 105 Å². The lowest BCUT2D eigenvalue weighted by atomic mass is 10.1. The monoisotopic (exact) mass is 249 g/mol. The number of carbonyl (C=O) groups excluding carboxylic acids is 2. The predicted molar refractivity (Wildman–Crippen MR) is 65.8 cm³/mol. The van der Waals surface area contributed by atoms with E-state index in [0.717, 1.165) is 0 Å². The van der Waals surface area contributed by atoms with E-state index in [0.29, 0.717) is 17.9 Å². The molecule has 6 nitrogen and oxygen atoms in total. The Balaban J connectivity index is 2.35. The lowest BCUT2D eigenvalue weighted by Gasteiger charge is -2.33. The molecule has 1 aromatic carbocycles. The van der Waals surface area contributed by atoms with E-state index in [4.69, 9.17) is 10.6 Å². The van der Waals surface area contributed by atoms with E-state index in [9.17, 15) is 9.59 Å². The largest absolute Gasteiger partial charge is 0.476 e. The number of nitrogens with zero attached hydrogens (tertiary/aromatic N) is 1. The van der Waals surface area contributed by atoms with Crippen molar-refractivity contribution in [2.75, 3.05) is 11.4 Å². The number of rotatable bonds is 2. The predicted octanol–water partition coefficient (Wildman–Crippen LogP) is 0.180. The third kappa shape index (κ3) is 2.14. The molecule has 96 valence electrons. The summed E-state index contributed by atoms with van der Waals surface area (Å²) in [5, 5.41) is 0. The number of anilines is 1. The highest BCUT2D eigenvalue weighted by atomic mass is 16.5. The number of hydrazine groups is 1. The Bertz CT molecular complexity index is 475. The molecule has 1 aromatic rings. The van der Waals surface area contributed by atoms with Gasteiger partial charge in [0, 0.05) is 6.42 Å². The molecule has 0 aliphatic carbocycles. The molecular formula is C12H15N3O3. The second-order valence-electron chi connectivity index (χ2n) is 3.94. The topological polar surface area (TPSA) is 84.7 Å². The summed E-state index contributed by atoms with van der Waals surface area (Å²) in [7, 11) is 0. The number of ether oxygens (including phenoxy) is 1. The average Bonchev–Trinajstić information content (AvgIpc) is 2.44. The molecular weight excluding hydrogens is 234 g/mol. The van der Waals surface area contributed by atoms with E-state index in [1.165, 1.54) is 0 Å². The van der Waals surface area contributed by atoms with Gasteiger partial charge in [-0.25, -0.2) is 5.84 Å². The van der Waals surface area contributed by atoms with Crippen LogP contribution in [0.2, 0.25) is 0 Å². The van der Waals surface area contributed by atoms with Gasteiger partial charge in [-0.3, -0.25) is 15.0 Å². The summed E-state index contributed by atoms with van der Waals surface area (Å²) in [4.78, 5) is 25.0. The minimum atomic E-state index is -0.777. The summed E-state index contributed by atoms with van der Waals surface area (Å²) in [6.07, 6.45) is -0.411. The summed E-state index contributed by atoms with van der Waals surface area (Å²) >= 11 is 0. The van der Waals surface area contributed by atoms with E-state index < -0.39 is 12.0 Å². The first-order valence-corrected chi connectivity index (χ1v) is 5.74. The second kappa shape index (κ2) is 5.05. The highest BCUT2D eigenvalue weighted by Gasteiger charge is 2.32. The number of nitrogens with one attached hydrogen (secondary N) is 1. The number of hydrogen-bond acceptors (Lipinski definition) is 4. The van der Waals surface area contributed by atoms with Gasteiger partial charge in [-0.2, -0.15) is 0 Å². The third-order valence-corrected chi connectivity index (χ3v) is 2.81. The first kappa shape index (κ1) is 12.4. The van der Waals surface area contributed by atoms with Crippen LogP contribution >= 0.6 is 0 Å². The van der Waals surface area contributed by atoms with Crippen LogP contribution in [0.5, 0.6) is 5.75 Å². The van der Waals surface area contributed by atoms with Crippen molar-refractivity contribution < 1.29 is 14.3 Å². The normalized spacial score (nSPS) is 17.7. The lowest BCUT2D eigenvalue weighted by molar-refractivity contribution is -0.128. The number of para-hydroxylation sites is 2. The number of fused-ring (bicyclic) bond motifs is 1. The van der Waals surface area contributed by atoms with Crippen LogP contribution in [0.25, 0.3) is 0 Å². The molecule has 6 heteroatoms. The molecule has 0 saturated heterocycles. The van der Waals surface area contributed by atoms with Crippen LogP contribution in [0, 0.1) is 0 Å². The van der Waals surface area contributed by atoms with Crippen molar-refractivity contribution >= 4 is 17.5 Å². The van der Waals surface area contributed by atoms with Crippen LogP contribution in [0.3, 0.4) is 0 Å². The van der Waals surface area contributed by atoms with Gasteiger partial charge in [0.1, 0.15) is 5.75 Å². The van der Waals surface area contributed by atoms with Gasteiger partial charge in [0.15, 0.2) is 6.10 Å². The van der Waals surface area contributed by atoms with E-state index in [1.54, 1.807) is 30.0 Å². The number of benzene rings is 1. The number of nitrogens with two attached hydrogens (primary N) is 1. The summed E-state index contributed by atoms with van der Waals surface area (Å²) in [6.45, 7) is 1.95. The standard InChI is InChI=1S/C12H15N3O3/c1-2-11(16)15-7-10(12(17)14-13)18-9-6-4-3-5-8(9)15/h3-6,10H,2,7,13H2,1H3,(H,14,17). The van der Waals surface area contributed by atoms with Gasteiger partial charge in [0.05, 0.1) is 12.2 Å². The van der Waals surface area contributed by atoms with Gasteiger partial charge in [-0.05, 0) is 12.1 Å². The van der Waals surface area contributed by atoms with Crippen molar-refractivity contribution in [3.63, 3.8) is 0 Å². The molecule has 0 spiro atoms. The molecule has 2 amide bonds. The Morgan fingerprint density at radius 2 is 2.22 bits per heavy atom. The van der Waals surface area contributed by atoms with Gasteiger partial charge in [-0.1, -0.05) is 19.1 Å². The molecule has 0 bridgehead atoms. The van der Waals surface area contributed by atoms with E-state index >= 15 is 0 Å². The van der Waals surface area contributed by atoms with Crippen LogP contribution in [-0.4, -0.2) is 24.5 Å². The fourth-order valence-corrected chi connectivity index (χ4v) is 1.89. The lowest BCUT2D eigenvalue weighted by Crippen LogP contribution is -2.52. The fourth-order valence-electron chi connectivity index (χ4n) is 1.89. The minimum Gasteiger partial charge on any atom is -0.476 e. The van der Waals surface area contributed by atoms with E-state index in [1.807, 2.05) is 11.5 Å². The van der Waals surface area contributed by atoms with Crippen LogP contribution < -0.4 is 20.9 Å². The van der Waals surface area contributed by atoms with Crippen molar-refractivity contribution in [2.24, 2.45) is 5.84 Å². The second-order valence-corrected chi connectivity index (χ2v) is 3.94. The van der Waals surface area contributed by atoms with Crippen molar-refractivity contribution in [1.29, 1.82) is 0 Å². The summed E-state index contributed by atoms with van der Waals surface area (Å²) in [6, 6.07) is 7.12. The van der Waals surface area contributed by atoms with Gasteiger partial charge < -0.3 is 9.64 Å². The SMILES string of the molecule is CCC(=O)N1CC(C(=O)NN)Oc2ccccc21. The molecule has 18 heavy (non-hydrogen) atoms. The van der Waals surface area contributed by atoms with Gasteiger partial charge >= 0.3 is 0 Å². The molecule has 1 atom stereocenters. The highest BCUT2D eigenvalue weighted by molar-refractivity contribution is 5.97. The first-order chi connectivity index (χ1) is 8.67.